The van der Waals surface area contributed by atoms with Gasteiger partial charge in [0.25, 0.3) is 0 Å². The van der Waals surface area contributed by atoms with E-state index in [1.165, 1.54) is 48.9 Å². The van der Waals surface area contributed by atoms with Gasteiger partial charge in [0.1, 0.15) is 22.2 Å². The number of benzene rings is 1. The quantitative estimate of drug-likeness (QED) is 0.306. The van der Waals surface area contributed by atoms with Crippen LogP contribution < -0.4 is 10.1 Å². The molecule has 1 aromatic carbocycles. The molecule has 164 valence electrons. The summed E-state index contributed by atoms with van der Waals surface area (Å²) in [7, 11) is 2.33. The lowest BCUT2D eigenvalue weighted by Gasteiger charge is -2.38. The Labute approximate surface area is 197 Å². The summed E-state index contributed by atoms with van der Waals surface area (Å²) >= 11 is 1.85. The Bertz CT molecular complexity index is 1210. The highest BCUT2D eigenvalue weighted by molar-refractivity contribution is 7.11. The van der Waals surface area contributed by atoms with Gasteiger partial charge in [0.05, 0.1) is 0 Å². The van der Waals surface area contributed by atoms with Crippen LogP contribution in [0.5, 0.6) is 0 Å². The minimum absolute atomic E-state index is 0.814. The van der Waals surface area contributed by atoms with E-state index in [0.29, 0.717) is 0 Å². The summed E-state index contributed by atoms with van der Waals surface area (Å²) in [6.45, 7) is 16.8. The van der Waals surface area contributed by atoms with E-state index in [2.05, 4.69) is 105 Å². The molecular weight excluding hydrogens is 424 g/mol. The Morgan fingerprint density at radius 1 is 1.06 bits per heavy atom. The average Bonchev–Trinajstić information content (AvgIpc) is 3.19. The molecule has 1 aromatic heterocycles. The molecule has 1 aliphatic heterocycles. The number of allylic oxidation sites excluding steroid dienone is 5. The van der Waals surface area contributed by atoms with Gasteiger partial charge in [-0.2, -0.15) is 0 Å². The molecule has 0 saturated heterocycles. The maximum Gasteiger partial charge on any atom is 0.199 e. The van der Waals surface area contributed by atoms with Crippen molar-refractivity contribution >= 4 is 41.6 Å². The SMILES string of the molecule is C=CCN(CC=C)c1ccc2c(c1)[Si](C)(C)C1=CC(=[N+](C)C)C=CC1=C2c1sccc1C. The smallest absolute Gasteiger partial charge is 0.199 e. The van der Waals surface area contributed by atoms with Gasteiger partial charge in [-0.25, -0.2) is 4.58 Å². The van der Waals surface area contributed by atoms with Crippen LogP contribution in [0.1, 0.15) is 16.0 Å². The van der Waals surface area contributed by atoms with E-state index in [0.717, 1.165) is 13.1 Å². The van der Waals surface area contributed by atoms with E-state index in [9.17, 15) is 0 Å². The van der Waals surface area contributed by atoms with Gasteiger partial charge in [-0.1, -0.05) is 31.3 Å². The number of thiophene rings is 1. The topological polar surface area (TPSA) is 6.25 Å². The van der Waals surface area contributed by atoms with E-state index in [1.54, 1.807) is 0 Å². The first-order valence-corrected chi connectivity index (χ1v) is 15.0. The van der Waals surface area contributed by atoms with Gasteiger partial charge in [-0.05, 0) is 63.7 Å². The molecule has 1 aliphatic carbocycles. The second-order valence-corrected chi connectivity index (χ2v) is 14.5. The molecule has 0 amide bonds. The molecule has 0 spiro atoms. The fraction of sp³-hybridized carbons (Fsp3) is 0.250. The van der Waals surface area contributed by atoms with Crippen molar-refractivity contribution in [3.05, 3.63) is 100.0 Å². The number of anilines is 1. The van der Waals surface area contributed by atoms with Crippen molar-refractivity contribution in [1.29, 1.82) is 0 Å². The summed E-state index contributed by atoms with van der Waals surface area (Å²) in [5, 5.41) is 5.25. The van der Waals surface area contributed by atoms with Crippen molar-refractivity contribution in [2.45, 2.75) is 20.0 Å². The number of hydrogen-bond donors (Lipinski definition) is 0. The van der Waals surface area contributed by atoms with E-state index in [-0.39, 0.29) is 0 Å². The second-order valence-electron chi connectivity index (χ2n) is 9.27. The third-order valence-corrected chi connectivity index (χ3v) is 11.1. The van der Waals surface area contributed by atoms with Gasteiger partial charge in [-0.15, -0.1) is 24.5 Å². The molecule has 2 nitrogen and oxygen atoms in total. The number of rotatable bonds is 6. The number of aryl methyl sites for hydroxylation is 1. The van der Waals surface area contributed by atoms with Crippen molar-refractivity contribution in [1.82, 2.24) is 0 Å². The molecule has 0 radical (unpaired) electrons. The fourth-order valence-corrected chi connectivity index (χ4v) is 8.84. The van der Waals surface area contributed by atoms with Crippen LogP contribution in [0, 0.1) is 6.92 Å². The molecule has 2 aromatic rings. The van der Waals surface area contributed by atoms with Crippen molar-refractivity contribution in [2.24, 2.45) is 0 Å². The summed E-state index contributed by atoms with van der Waals surface area (Å²) in [6, 6.07) is 9.32. The number of fused-ring (bicyclic) bond motifs is 2. The zero-order chi connectivity index (χ0) is 23.0. The predicted octanol–water partition coefficient (Wildman–Crippen LogP) is 5.71. The monoisotopic (exact) mass is 457 g/mol. The fourth-order valence-electron chi connectivity index (χ4n) is 4.77. The molecule has 32 heavy (non-hydrogen) atoms. The predicted molar refractivity (Wildman–Crippen MR) is 146 cm³/mol. The summed E-state index contributed by atoms with van der Waals surface area (Å²) in [6.07, 6.45) is 11.0. The molecule has 0 bridgehead atoms. The lowest BCUT2D eigenvalue weighted by molar-refractivity contribution is -0.462. The summed E-state index contributed by atoms with van der Waals surface area (Å²) in [5.41, 5.74) is 8.07. The maximum absolute atomic E-state index is 3.96. The standard InChI is InChI=1S/C28H33N2SSi/c1-8-15-30(16-9-2)22-11-13-24-26(19-22)32(6,7)25-18-21(29(4)5)10-12-23(25)27(24)28-20(3)14-17-31-28/h8-14,17-19H,1-2,15-16H2,3-7H3/q+1. The van der Waals surface area contributed by atoms with Crippen LogP contribution in [0.2, 0.25) is 13.1 Å². The van der Waals surface area contributed by atoms with E-state index >= 15 is 0 Å². The molecule has 0 unspecified atom stereocenters. The second kappa shape index (κ2) is 8.68. The first-order chi connectivity index (χ1) is 15.3. The molecule has 0 saturated carbocycles. The van der Waals surface area contributed by atoms with Gasteiger partial charge in [0.15, 0.2) is 5.71 Å². The van der Waals surface area contributed by atoms with Crippen molar-refractivity contribution in [2.75, 3.05) is 32.1 Å². The molecule has 0 atom stereocenters. The Morgan fingerprint density at radius 2 is 1.78 bits per heavy atom. The van der Waals surface area contributed by atoms with Crippen LogP contribution >= 0.6 is 11.3 Å². The van der Waals surface area contributed by atoms with Crippen LogP contribution in [-0.2, 0) is 0 Å². The van der Waals surface area contributed by atoms with Gasteiger partial charge in [0.2, 0.25) is 0 Å². The number of hydrogen-bond acceptors (Lipinski definition) is 2. The van der Waals surface area contributed by atoms with Crippen molar-refractivity contribution in [3.8, 4) is 0 Å². The maximum atomic E-state index is 3.96. The molecule has 2 aliphatic rings. The van der Waals surface area contributed by atoms with Crippen LogP contribution in [0.25, 0.3) is 5.57 Å². The first kappa shape index (κ1) is 22.5. The van der Waals surface area contributed by atoms with Gasteiger partial charge in [-0.3, -0.25) is 0 Å². The van der Waals surface area contributed by atoms with E-state index < -0.39 is 8.07 Å². The summed E-state index contributed by atoms with van der Waals surface area (Å²) in [4.78, 5) is 3.73. The number of nitrogens with zero attached hydrogens (tertiary/aromatic N) is 2. The van der Waals surface area contributed by atoms with Crippen molar-refractivity contribution < 1.29 is 4.58 Å². The Kier molecular flexibility index (Phi) is 6.10. The van der Waals surface area contributed by atoms with E-state index in [4.69, 9.17) is 0 Å². The van der Waals surface area contributed by atoms with Crippen LogP contribution in [0.4, 0.5) is 5.69 Å². The molecule has 4 rings (SSSR count). The minimum atomic E-state index is -1.93. The molecular formula is C28H33N2SSi+. The summed E-state index contributed by atoms with van der Waals surface area (Å²) in [5.74, 6) is 0. The van der Waals surface area contributed by atoms with Crippen LogP contribution in [0.15, 0.2) is 84.0 Å². The van der Waals surface area contributed by atoms with Crippen molar-refractivity contribution in [3.63, 3.8) is 0 Å². The van der Waals surface area contributed by atoms with Gasteiger partial charge >= 0.3 is 0 Å². The largest absolute Gasteiger partial charge is 0.364 e. The summed E-state index contributed by atoms with van der Waals surface area (Å²) < 4.78 is 2.21. The third kappa shape index (κ3) is 3.72. The Balaban J connectivity index is 2.02. The lowest BCUT2D eigenvalue weighted by Crippen LogP contribution is -2.50. The molecule has 4 heteroatoms. The van der Waals surface area contributed by atoms with Crippen LogP contribution in [0.3, 0.4) is 0 Å². The normalized spacial score (nSPS) is 16.3. The molecule has 2 heterocycles. The Morgan fingerprint density at radius 3 is 2.38 bits per heavy atom. The third-order valence-electron chi connectivity index (χ3n) is 6.56. The van der Waals surface area contributed by atoms with Crippen LogP contribution in [-0.4, -0.2) is 45.5 Å². The first-order valence-electron chi connectivity index (χ1n) is 11.1. The van der Waals surface area contributed by atoms with Gasteiger partial charge in [0, 0.05) is 41.4 Å². The zero-order valence-corrected chi connectivity index (χ0v) is 21.7. The average molecular weight is 458 g/mol. The lowest BCUT2D eigenvalue weighted by atomic mass is 9.92. The van der Waals surface area contributed by atoms with E-state index in [1.807, 2.05) is 23.5 Å². The van der Waals surface area contributed by atoms with Gasteiger partial charge < -0.3 is 4.90 Å². The highest BCUT2D eigenvalue weighted by Gasteiger charge is 2.40. The highest BCUT2D eigenvalue weighted by atomic mass is 32.1. The Hall–Kier alpha value is -2.69. The molecule has 0 N–H and O–H groups in total. The highest BCUT2D eigenvalue weighted by Crippen LogP contribution is 2.43. The molecule has 0 fully saturated rings. The zero-order valence-electron chi connectivity index (χ0n) is 19.9. The minimum Gasteiger partial charge on any atom is -0.364 e.